The minimum atomic E-state index is -0.948. The molecule has 0 spiro atoms. The smallest absolute Gasteiger partial charge is 0.309 e. The van der Waals surface area contributed by atoms with E-state index in [4.69, 9.17) is 9.47 Å². The SMILES string of the molecule is CC12CCC(C(=O)OCC(O)COC(=O)C3CCC4(C)SC4C3)CC1S2. The summed E-state index contributed by atoms with van der Waals surface area (Å²) in [6, 6.07) is 0. The number of hydrogen-bond acceptors (Lipinski definition) is 7. The van der Waals surface area contributed by atoms with E-state index in [1.807, 2.05) is 23.5 Å². The van der Waals surface area contributed by atoms with Crippen molar-refractivity contribution in [3.05, 3.63) is 0 Å². The molecule has 2 heterocycles. The van der Waals surface area contributed by atoms with Gasteiger partial charge in [0.25, 0.3) is 0 Å². The first-order valence-corrected chi connectivity index (χ1v) is 11.4. The molecule has 146 valence electrons. The number of aliphatic hydroxyl groups is 1. The van der Waals surface area contributed by atoms with E-state index >= 15 is 0 Å². The lowest BCUT2D eigenvalue weighted by atomic mass is 9.83. The zero-order chi connectivity index (χ0) is 18.5. The Bertz CT molecular complexity index is 548. The standard InChI is InChI=1S/C19H28O5S2/c1-18-5-3-11(7-14(18)25-18)16(21)23-9-13(20)10-24-17(22)12-4-6-19(2)15(8-12)26-19/h11-15,20H,3-10H2,1-2H3. The Morgan fingerprint density at radius 1 is 0.962 bits per heavy atom. The molecule has 2 saturated heterocycles. The van der Waals surface area contributed by atoms with Crippen LogP contribution in [0.3, 0.4) is 0 Å². The predicted octanol–water partition coefficient (Wildman–Crippen LogP) is 2.78. The van der Waals surface area contributed by atoms with Crippen molar-refractivity contribution < 1.29 is 24.2 Å². The molecule has 5 nitrogen and oxygen atoms in total. The fourth-order valence-electron chi connectivity index (χ4n) is 4.36. The van der Waals surface area contributed by atoms with Gasteiger partial charge in [-0.1, -0.05) is 0 Å². The first-order valence-electron chi connectivity index (χ1n) is 9.66. The van der Waals surface area contributed by atoms with Gasteiger partial charge in [-0.15, -0.1) is 23.5 Å². The summed E-state index contributed by atoms with van der Waals surface area (Å²) in [5, 5.41) is 11.2. The highest BCUT2D eigenvalue weighted by Crippen LogP contribution is 2.63. The zero-order valence-electron chi connectivity index (χ0n) is 15.4. The normalized spacial score (nSPS) is 44.3. The van der Waals surface area contributed by atoms with Crippen LogP contribution in [0.5, 0.6) is 0 Å². The van der Waals surface area contributed by atoms with Crippen LogP contribution in [-0.2, 0) is 19.1 Å². The van der Waals surface area contributed by atoms with Gasteiger partial charge in [-0.05, 0) is 52.4 Å². The van der Waals surface area contributed by atoms with Crippen molar-refractivity contribution in [3.63, 3.8) is 0 Å². The monoisotopic (exact) mass is 400 g/mol. The van der Waals surface area contributed by atoms with Crippen LogP contribution in [0.4, 0.5) is 0 Å². The first kappa shape index (κ1) is 18.9. The van der Waals surface area contributed by atoms with Crippen molar-refractivity contribution in [3.8, 4) is 0 Å². The van der Waals surface area contributed by atoms with E-state index in [1.165, 1.54) is 0 Å². The summed E-state index contributed by atoms with van der Waals surface area (Å²) in [7, 11) is 0. The molecule has 4 fully saturated rings. The maximum atomic E-state index is 12.2. The molecule has 6 atom stereocenters. The number of ether oxygens (including phenoxy) is 2. The number of fused-ring (bicyclic) bond motifs is 2. The van der Waals surface area contributed by atoms with Crippen LogP contribution < -0.4 is 0 Å². The third kappa shape index (κ3) is 3.90. The summed E-state index contributed by atoms with van der Waals surface area (Å²) in [6.07, 6.45) is 4.66. The lowest BCUT2D eigenvalue weighted by molar-refractivity contribution is -0.158. The molecular weight excluding hydrogens is 372 g/mol. The minimum Gasteiger partial charge on any atom is -0.463 e. The number of thioether (sulfide) groups is 2. The molecule has 0 amide bonds. The predicted molar refractivity (Wildman–Crippen MR) is 102 cm³/mol. The molecule has 2 aliphatic carbocycles. The molecule has 2 aliphatic heterocycles. The van der Waals surface area contributed by atoms with Crippen molar-refractivity contribution in [1.29, 1.82) is 0 Å². The average Bonchev–Trinajstić information content (AvgIpc) is 3.48. The summed E-state index contributed by atoms with van der Waals surface area (Å²) >= 11 is 3.92. The summed E-state index contributed by atoms with van der Waals surface area (Å²) < 4.78 is 11.3. The largest absolute Gasteiger partial charge is 0.463 e. The zero-order valence-corrected chi connectivity index (χ0v) is 17.1. The van der Waals surface area contributed by atoms with Crippen molar-refractivity contribution in [2.45, 2.75) is 78.5 Å². The van der Waals surface area contributed by atoms with Crippen LogP contribution in [0.25, 0.3) is 0 Å². The molecule has 2 saturated carbocycles. The van der Waals surface area contributed by atoms with E-state index in [1.54, 1.807) is 0 Å². The van der Waals surface area contributed by atoms with E-state index in [0.29, 0.717) is 20.0 Å². The summed E-state index contributed by atoms with van der Waals surface area (Å²) in [4.78, 5) is 24.3. The third-order valence-corrected chi connectivity index (χ3v) is 10.1. The fraction of sp³-hybridized carbons (Fsp3) is 0.895. The average molecular weight is 401 g/mol. The highest BCUT2D eigenvalue weighted by atomic mass is 32.2. The molecule has 26 heavy (non-hydrogen) atoms. The highest BCUT2D eigenvalue weighted by molar-refractivity contribution is 8.08. The Morgan fingerprint density at radius 3 is 1.77 bits per heavy atom. The number of carbonyl (C=O) groups is 2. The summed E-state index contributed by atoms with van der Waals surface area (Å²) in [5.74, 6) is -0.541. The van der Waals surface area contributed by atoms with Crippen LogP contribution >= 0.6 is 23.5 Å². The molecule has 0 aromatic carbocycles. The quantitative estimate of drug-likeness (QED) is 0.543. The summed E-state index contributed by atoms with van der Waals surface area (Å²) in [5.41, 5.74) is 0. The van der Waals surface area contributed by atoms with E-state index in [9.17, 15) is 14.7 Å². The number of hydrogen-bond donors (Lipinski definition) is 1. The minimum absolute atomic E-state index is 0.0505. The van der Waals surface area contributed by atoms with Gasteiger partial charge in [-0.25, -0.2) is 0 Å². The fourth-order valence-corrected chi connectivity index (χ4v) is 7.08. The molecule has 0 radical (unpaired) electrons. The summed E-state index contributed by atoms with van der Waals surface area (Å²) in [6.45, 7) is 4.32. The van der Waals surface area contributed by atoms with Gasteiger partial charge in [-0.2, -0.15) is 0 Å². The number of rotatable bonds is 6. The Kier molecular flexibility index (Phi) is 5.02. The molecular formula is C19H28O5S2. The van der Waals surface area contributed by atoms with Crippen molar-refractivity contribution in [2.24, 2.45) is 11.8 Å². The van der Waals surface area contributed by atoms with Crippen molar-refractivity contribution in [2.75, 3.05) is 13.2 Å². The lowest BCUT2D eigenvalue weighted by Crippen LogP contribution is -2.33. The second-order valence-corrected chi connectivity index (χ2v) is 12.2. The molecule has 4 rings (SSSR count). The second kappa shape index (κ2) is 6.89. The maximum absolute atomic E-state index is 12.2. The lowest BCUT2D eigenvalue weighted by Gasteiger charge is -2.24. The Labute approximate surface area is 163 Å². The molecule has 6 unspecified atom stereocenters. The first-order chi connectivity index (χ1) is 12.3. The van der Waals surface area contributed by atoms with Crippen LogP contribution in [0.15, 0.2) is 0 Å². The molecule has 0 bridgehead atoms. The van der Waals surface area contributed by atoms with E-state index < -0.39 is 6.10 Å². The molecule has 1 N–H and O–H groups in total. The van der Waals surface area contributed by atoms with E-state index in [0.717, 1.165) is 38.5 Å². The second-order valence-electron chi connectivity index (χ2n) is 8.69. The third-order valence-electron chi connectivity index (χ3n) is 6.55. The number of esters is 2. The van der Waals surface area contributed by atoms with Gasteiger partial charge >= 0.3 is 11.9 Å². The molecule has 0 aromatic heterocycles. The van der Waals surface area contributed by atoms with Crippen LogP contribution in [0.2, 0.25) is 0 Å². The maximum Gasteiger partial charge on any atom is 0.309 e. The number of carbonyl (C=O) groups excluding carboxylic acids is 2. The Morgan fingerprint density at radius 2 is 1.38 bits per heavy atom. The van der Waals surface area contributed by atoms with Gasteiger partial charge < -0.3 is 14.6 Å². The molecule has 4 aliphatic rings. The Balaban J connectivity index is 1.12. The number of aliphatic hydroxyl groups excluding tert-OH is 1. The Hall–Kier alpha value is -0.400. The van der Waals surface area contributed by atoms with E-state index in [-0.39, 0.29) is 37.0 Å². The van der Waals surface area contributed by atoms with Crippen molar-refractivity contribution in [1.82, 2.24) is 0 Å². The van der Waals surface area contributed by atoms with Gasteiger partial charge in [0.05, 0.1) is 11.8 Å². The van der Waals surface area contributed by atoms with Crippen LogP contribution in [0, 0.1) is 11.8 Å². The van der Waals surface area contributed by atoms with Crippen molar-refractivity contribution >= 4 is 35.5 Å². The topological polar surface area (TPSA) is 72.8 Å². The van der Waals surface area contributed by atoms with E-state index in [2.05, 4.69) is 13.8 Å². The van der Waals surface area contributed by atoms with Gasteiger partial charge in [0.15, 0.2) is 0 Å². The van der Waals surface area contributed by atoms with Gasteiger partial charge in [0.1, 0.15) is 19.3 Å². The van der Waals surface area contributed by atoms with Crippen LogP contribution in [-0.4, -0.2) is 56.4 Å². The highest BCUT2D eigenvalue weighted by Gasteiger charge is 2.56. The van der Waals surface area contributed by atoms with Gasteiger partial charge in [0, 0.05) is 20.0 Å². The van der Waals surface area contributed by atoms with Crippen LogP contribution in [0.1, 0.15) is 52.4 Å². The van der Waals surface area contributed by atoms with Gasteiger partial charge in [0.2, 0.25) is 0 Å². The molecule has 0 aromatic rings. The van der Waals surface area contributed by atoms with Gasteiger partial charge in [-0.3, -0.25) is 9.59 Å². The molecule has 7 heteroatoms.